The van der Waals surface area contributed by atoms with Gasteiger partial charge in [-0.05, 0) is 32.4 Å². The summed E-state index contributed by atoms with van der Waals surface area (Å²) in [6, 6.07) is -0.123. The Morgan fingerprint density at radius 1 is 1.50 bits per heavy atom. The van der Waals surface area contributed by atoms with Gasteiger partial charge in [0.05, 0.1) is 10.9 Å². The Kier molecular flexibility index (Phi) is 4.55. The van der Waals surface area contributed by atoms with Crippen LogP contribution in [0.2, 0.25) is 0 Å². The van der Waals surface area contributed by atoms with Crippen LogP contribution in [0.3, 0.4) is 0 Å². The van der Waals surface area contributed by atoms with Crippen LogP contribution < -0.4 is 5.32 Å². The fourth-order valence-electron chi connectivity index (χ4n) is 1.88. The summed E-state index contributed by atoms with van der Waals surface area (Å²) in [4.78, 5) is 0. The van der Waals surface area contributed by atoms with E-state index in [1.807, 2.05) is 20.2 Å². The molecule has 1 unspecified atom stereocenters. The first-order valence-corrected chi connectivity index (χ1v) is 7.98. The maximum absolute atomic E-state index is 11.9. The minimum atomic E-state index is -3.13. The molecule has 18 heavy (non-hydrogen) atoms. The predicted octanol–water partition coefficient (Wildman–Crippen LogP) is 0.764. The maximum atomic E-state index is 11.9. The van der Waals surface area contributed by atoms with Gasteiger partial charge in [0.1, 0.15) is 0 Å². The Balaban J connectivity index is 2.96. The first-order chi connectivity index (χ1) is 8.18. The molecule has 0 aliphatic rings. The molecule has 0 saturated carbocycles. The first-order valence-electron chi connectivity index (χ1n) is 6.09. The van der Waals surface area contributed by atoms with Crippen LogP contribution in [0.1, 0.15) is 26.3 Å². The average molecular weight is 273 g/mol. The topological polar surface area (TPSA) is 64.0 Å². The van der Waals surface area contributed by atoms with Crippen LogP contribution >= 0.6 is 0 Å². The van der Waals surface area contributed by atoms with E-state index in [4.69, 9.17) is 0 Å². The number of aryl methyl sites for hydroxylation is 1. The summed E-state index contributed by atoms with van der Waals surface area (Å²) in [5, 5.41) is 7.38. The molecule has 0 spiro atoms. The fourth-order valence-corrected chi connectivity index (χ4v) is 2.57. The van der Waals surface area contributed by atoms with Gasteiger partial charge in [0.2, 0.25) is 0 Å². The highest BCUT2D eigenvalue weighted by molar-refractivity contribution is 7.92. The number of hydrogen-bond acceptors (Lipinski definition) is 4. The molecule has 0 bridgehead atoms. The van der Waals surface area contributed by atoms with E-state index < -0.39 is 14.6 Å². The summed E-state index contributed by atoms with van der Waals surface area (Å²) in [5.74, 6) is 0. The highest BCUT2D eigenvalue weighted by Gasteiger charge is 2.38. The Morgan fingerprint density at radius 3 is 2.50 bits per heavy atom. The van der Waals surface area contributed by atoms with Crippen LogP contribution in [0.15, 0.2) is 12.4 Å². The van der Waals surface area contributed by atoms with Gasteiger partial charge >= 0.3 is 0 Å². The van der Waals surface area contributed by atoms with Gasteiger partial charge in [0, 0.05) is 25.5 Å². The maximum Gasteiger partial charge on any atom is 0.154 e. The summed E-state index contributed by atoms with van der Waals surface area (Å²) < 4.78 is 24.7. The summed E-state index contributed by atoms with van der Waals surface area (Å²) in [7, 11) is -1.27. The van der Waals surface area contributed by atoms with Crippen molar-refractivity contribution in [1.29, 1.82) is 0 Å². The predicted molar refractivity (Wildman–Crippen MR) is 73.3 cm³/mol. The van der Waals surface area contributed by atoms with E-state index in [9.17, 15) is 8.42 Å². The molecule has 104 valence electrons. The lowest BCUT2D eigenvalue weighted by Crippen LogP contribution is -2.52. The molecule has 5 nitrogen and oxygen atoms in total. The van der Waals surface area contributed by atoms with E-state index in [-0.39, 0.29) is 6.04 Å². The van der Waals surface area contributed by atoms with Crippen molar-refractivity contribution in [3.8, 4) is 0 Å². The normalized spacial score (nSPS) is 14.7. The van der Waals surface area contributed by atoms with Gasteiger partial charge in [0.25, 0.3) is 0 Å². The summed E-state index contributed by atoms with van der Waals surface area (Å²) in [6.45, 7) is 6.26. The SMILES string of the molecule is CCNC(Cc1cnn(C)c1)C(C)(C)S(C)(=O)=O. The van der Waals surface area contributed by atoms with Gasteiger partial charge in [-0.3, -0.25) is 4.68 Å². The number of nitrogens with one attached hydrogen (secondary N) is 1. The van der Waals surface area contributed by atoms with E-state index in [0.29, 0.717) is 6.42 Å². The molecule has 0 aliphatic carbocycles. The lowest BCUT2D eigenvalue weighted by Gasteiger charge is -2.33. The molecule has 0 fully saturated rings. The second-order valence-electron chi connectivity index (χ2n) is 5.21. The van der Waals surface area contributed by atoms with E-state index in [1.165, 1.54) is 6.26 Å². The van der Waals surface area contributed by atoms with Crippen molar-refractivity contribution >= 4 is 9.84 Å². The third-order valence-corrected chi connectivity index (χ3v) is 5.64. The minimum absolute atomic E-state index is 0.123. The van der Waals surface area contributed by atoms with E-state index in [1.54, 1.807) is 24.7 Å². The highest BCUT2D eigenvalue weighted by atomic mass is 32.2. The third kappa shape index (κ3) is 3.32. The molecule has 1 N–H and O–H groups in total. The van der Waals surface area contributed by atoms with E-state index in [2.05, 4.69) is 10.4 Å². The molecule has 1 aromatic rings. The minimum Gasteiger partial charge on any atom is -0.312 e. The summed E-state index contributed by atoms with van der Waals surface area (Å²) in [5.41, 5.74) is 1.04. The van der Waals surface area contributed by atoms with Crippen molar-refractivity contribution in [2.24, 2.45) is 7.05 Å². The molecule has 1 heterocycles. The largest absolute Gasteiger partial charge is 0.312 e. The number of sulfone groups is 1. The van der Waals surface area contributed by atoms with Gasteiger partial charge in [-0.2, -0.15) is 5.10 Å². The Labute approximate surface area is 109 Å². The Hall–Kier alpha value is -0.880. The number of likely N-dealkylation sites (N-methyl/N-ethyl adjacent to an activating group) is 1. The molecule has 6 heteroatoms. The van der Waals surface area contributed by atoms with Crippen molar-refractivity contribution < 1.29 is 8.42 Å². The van der Waals surface area contributed by atoms with Crippen LogP contribution in [0.5, 0.6) is 0 Å². The number of nitrogens with zero attached hydrogens (tertiary/aromatic N) is 2. The summed E-state index contributed by atoms with van der Waals surface area (Å²) in [6.07, 6.45) is 5.65. The van der Waals surface area contributed by atoms with Crippen LogP contribution in [0, 0.1) is 0 Å². The standard InChI is InChI=1S/C12H23N3O2S/c1-6-13-11(12(2,3)18(5,16)17)7-10-8-14-15(4)9-10/h8-9,11,13H,6-7H2,1-5H3. The molecule has 1 rings (SSSR count). The molecule has 0 saturated heterocycles. The van der Waals surface area contributed by atoms with Crippen molar-refractivity contribution in [3.63, 3.8) is 0 Å². The lowest BCUT2D eigenvalue weighted by molar-refractivity contribution is 0.413. The van der Waals surface area contributed by atoms with Gasteiger partial charge < -0.3 is 5.32 Å². The zero-order chi connectivity index (χ0) is 14.0. The zero-order valence-corrected chi connectivity index (χ0v) is 12.6. The molecule has 0 aliphatic heterocycles. The number of aromatic nitrogens is 2. The van der Waals surface area contributed by atoms with E-state index >= 15 is 0 Å². The Bertz CT molecular complexity index is 491. The molecule has 1 atom stereocenters. The molecule has 1 aromatic heterocycles. The van der Waals surface area contributed by atoms with Crippen LogP contribution in [-0.2, 0) is 23.3 Å². The molecule has 0 amide bonds. The van der Waals surface area contributed by atoms with Crippen LogP contribution in [0.25, 0.3) is 0 Å². The van der Waals surface area contributed by atoms with Crippen LogP contribution in [0.4, 0.5) is 0 Å². The van der Waals surface area contributed by atoms with Crippen molar-refractivity contribution in [1.82, 2.24) is 15.1 Å². The summed E-state index contributed by atoms with van der Waals surface area (Å²) >= 11 is 0. The second-order valence-corrected chi connectivity index (χ2v) is 7.81. The van der Waals surface area contributed by atoms with Gasteiger partial charge in [-0.1, -0.05) is 6.92 Å². The second kappa shape index (κ2) is 5.40. The van der Waals surface area contributed by atoms with E-state index in [0.717, 1.165) is 12.1 Å². The lowest BCUT2D eigenvalue weighted by atomic mass is 9.97. The van der Waals surface area contributed by atoms with Gasteiger partial charge in [-0.25, -0.2) is 8.42 Å². The Morgan fingerprint density at radius 2 is 2.11 bits per heavy atom. The van der Waals surface area contributed by atoms with Crippen molar-refractivity contribution in [2.75, 3.05) is 12.8 Å². The zero-order valence-electron chi connectivity index (χ0n) is 11.8. The highest BCUT2D eigenvalue weighted by Crippen LogP contribution is 2.23. The van der Waals surface area contributed by atoms with Crippen molar-refractivity contribution in [3.05, 3.63) is 18.0 Å². The molecule has 0 aromatic carbocycles. The molecular weight excluding hydrogens is 250 g/mol. The fraction of sp³-hybridized carbons (Fsp3) is 0.750. The average Bonchev–Trinajstić information content (AvgIpc) is 2.61. The number of hydrogen-bond donors (Lipinski definition) is 1. The quantitative estimate of drug-likeness (QED) is 0.831. The third-order valence-electron chi connectivity index (χ3n) is 3.44. The monoisotopic (exact) mass is 273 g/mol. The smallest absolute Gasteiger partial charge is 0.154 e. The number of rotatable bonds is 6. The first kappa shape index (κ1) is 15.2. The van der Waals surface area contributed by atoms with Gasteiger partial charge in [0.15, 0.2) is 9.84 Å². The van der Waals surface area contributed by atoms with Gasteiger partial charge in [-0.15, -0.1) is 0 Å². The molecule has 0 radical (unpaired) electrons. The van der Waals surface area contributed by atoms with Crippen molar-refractivity contribution in [2.45, 2.75) is 38.0 Å². The van der Waals surface area contributed by atoms with Crippen LogP contribution in [-0.4, -0.2) is 41.8 Å². The molecular formula is C12H23N3O2S.